The second kappa shape index (κ2) is 7.38. The Morgan fingerprint density at radius 2 is 1.37 bits per heavy atom. The van der Waals surface area contributed by atoms with Crippen LogP contribution in [0, 0.1) is 6.92 Å². The van der Waals surface area contributed by atoms with E-state index in [9.17, 15) is 35.7 Å². The number of aryl methyl sites for hydroxylation is 1. The molecular formula is C21H24O9. The van der Waals surface area contributed by atoms with Crippen LogP contribution in [0.3, 0.4) is 0 Å². The van der Waals surface area contributed by atoms with Crippen molar-refractivity contribution in [2.75, 3.05) is 0 Å². The van der Waals surface area contributed by atoms with E-state index in [1.807, 2.05) is 0 Å². The number of ether oxygens (including phenoxy) is 2. The molecule has 0 saturated carbocycles. The van der Waals surface area contributed by atoms with E-state index < -0.39 is 48.7 Å². The van der Waals surface area contributed by atoms with Crippen molar-refractivity contribution < 1.29 is 45.2 Å². The topological polar surface area (TPSA) is 160 Å². The number of aliphatic hydroxyl groups excluding tert-OH is 5. The van der Waals surface area contributed by atoms with Gasteiger partial charge in [0.15, 0.2) is 0 Å². The maximum atomic E-state index is 10.9. The summed E-state index contributed by atoms with van der Waals surface area (Å²) >= 11 is 0. The highest BCUT2D eigenvalue weighted by atomic mass is 16.7. The largest absolute Gasteiger partial charge is 0.508 e. The first kappa shape index (κ1) is 20.9. The van der Waals surface area contributed by atoms with Crippen LogP contribution in [0.1, 0.15) is 46.9 Å². The van der Waals surface area contributed by atoms with Crippen LogP contribution in [0.15, 0.2) is 24.3 Å². The summed E-state index contributed by atoms with van der Waals surface area (Å²) in [5, 5.41) is 72.2. The van der Waals surface area contributed by atoms with E-state index in [2.05, 4.69) is 0 Å². The van der Waals surface area contributed by atoms with Gasteiger partial charge in [-0.15, -0.1) is 0 Å². The van der Waals surface area contributed by atoms with Crippen LogP contribution in [-0.4, -0.2) is 66.5 Å². The summed E-state index contributed by atoms with van der Waals surface area (Å²) in [7, 11) is 0. The number of hydrogen-bond acceptors (Lipinski definition) is 9. The fourth-order valence-corrected chi connectivity index (χ4v) is 4.11. The maximum absolute atomic E-state index is 10.9. The van der Waals surface area contributed by atoms with Gasteiger partial charge in [-0.3, -0.25) is 0 Å². The molecule has 0 amide bonds. The third-order valence-corrected chi connectivity index (χ3v) is 5.69. The Hall–Kier alpha value is -2.40. The molecular weight excluding hydrogens is 396 g/mol. The number of hydrogen-bond donors (Lipinski definition) is 7. The lowest BCUT2D eigenvalue weighted by Gasteiger charge is -2.39. The van der Waals surface area contributed by atoms with E-state index in [-0.39, 0.29) is 28.2 Å². The zero-order chi connectivity index (χ0) is 21.9. The summed E-state index contributed by atoms with van der Waals surface area (Å²) in [4.78, 5) is 0. The zero-order valence-electron chi connectivity index (χ0n) is 16.3. The Bertz CT molecular complexity index is 975. The van der Waals surface area contributed by atoms with Gasteiger partial charge in [-0.2, -0.15) is 0 Å². The van der Waals surface area contributed by atoms with Gasteiger partial charge in [0.1, 0.15) is 47.8 Å². The molecule has 7 atom stereocenters. The Labute approximate surface area is 172 Å². The van der Waals surface area contributed by atoms with Gasteiger partial charge in [-0.1, -0.05) is 6.07 Å². The van der Waals surface area contributed by atoms with Gasteiger partial charge >= 0.3 is 0 Å². The number of phenolic OH excluding ortho intramolecular Hbond substituents is 2. The highest BCUT2D eigenvalue weighted by molar-refractivity contribution is 5.61. The molecule has 2 aromatic rings. The Morgan fingerprint density at radius 1 is 0.767 bits per heavy atom. The average molecular weight is 420 g/mol. The van der Waals surface area contributed by atoms with Crippen molar-refractivity contribution in [1.29, 1.82) is 0 Å². The molecule has 30 heavy (non-hydrogen) atoms. The van der Waals surface area contributed by atoms with Crippen LogP contribution in [0.5, 0.6) is 17.2 Å². The molecule has 0 spiro atoms. The SMILES string of the molecule is Cc1cc(O)c2c(c1)[C@@H](O)c1cc(O[C@@H]3O[C@@H](C)[C@H](O)[C@@H](O)[C@H]3O)cc(O)c1[C@H]2O. The first-order valence-corrected chi connectivity index (χ1v) is 9.52. The van der Waals surface area contributed by atoms with E-state index in [1.165, 1.54) is 25.1 Å². The van der Waals surface area contributed by atoms with Gasteiger partial charge < -0.3 is 45.2 Å². The van der Waals surface area contributed by atoms with Crippen molar-refractivity contribution in [3.63, 3.8) is 0 Å². The van der Waals surface area contributed by atoms with Crippen LogP contribution < -0.4 is 4.74 Å². The molecule has 2 aromatic carbocycles. The number of aliphatic hydroxyl groups is 5. The predicted octanol–water partition coefficient (Wildman–Crippen LogP) is 0.0893. The minimum atomic E-state index is -1.55. The number of rotatable bonds is 2. The van der Waals surface area contributed by atoms with Gasteiger partial charge in [-0.05, 0) is 42.7 Å². The van der Waals surface area contributed by atoms with Crippen molar-refractivity contribution in [2.24, 2.45) is 0 Å². The van der Waals surface area contributed by atoms with Crippen molar-refractivity contribution in [3.8, 4) is 17.2 Å². The number of benzene rings is 2. The molecule has 1 heterocycles. The third-order valence-electron chi connectivity index (χ3n) is 5.69. The first-order chi connectivity index (χ1) is 14.1. The van der Waals surface area contributed by atoms with Gasteiger partial charge in [-0.25, -0.2) is 0 Å². The monoisotopic (exact) mass is 420 g/mol. The molecule has 1 aliphatic heterocycles. The molecule has 2 aliphatic rings. The van der Waals surface area contributed by atoms with Gasteiger partial charge in [0.2, 0.25) is 6.29 Å². The quantitative estimate of drug-likeness (QED) is 0.357. The molecule has 9 heteroatoms. The smallest absolute Gasteiger partial charge is 0.229 e. The molecule has 0 aromatic heterocycles. The summed E-state index contributed by atoms with van der Waals surface area (Å²) in [6, 6.07) is 5.63. The predicted molar refractivity (Wildman–Crippen MR) is 102 cm³/mol. The molecule has 162 valence electrons. The van der Waals surface area contributed by atoms with Gasteiger partial charge in [0.25, 0.3) is 0 Å². The Kier molecular flexibility index (Phi) is 5.13. The minimum absolute atomic E-state index is 0.0117. The van der Waals surface area contributed by atoms with Crippen LogP contribution in [0.25, 0.3) is 0 Å². The fraction of sp³-hybridized carbons (Fsp3) is 0.429. The fourth-order valence-electron chi connectivity index (χ4n) is 4.11. The second-order valence-electron chi connectivity index (χ2n) is 7.84. The maximum Gasteiger partial charge on any atom is 0.229 e. The normalized spacial score (nSPS) is 33.0. The minimum Gasteiger partial charge on any atom is -0.508 e. The lowest BCUT2D eigenvalue weighted by atomic mass is 9.80. The second-order valence-corrected chi connectivity index (χ2v) is 7.84. The summed E-state index contributed by atoms with van der Waals surface area (Å²) < 4.78 is 11.0. The molecule has 4 rings (SSSR count). The van der Waals surface area contributed by atoms with E-state index in [0.29, 0.717) is 11.1 Å². The van der Waals surface area contributed by atoms with Gasteiger partial charge in [0.05, 0.1) is 6.10 Å². The third kappa shape index (κ3) is 3.20. The highest BCUT2D eigenvalue weighted by Crippen LogP contribution is 2.49. The molecule has 1 saturated heterocycles. The van der Waals surface area contributed by atoms with Crippen LogP contribution in [0.4, 0.5) is 0 Å². The zero-order valence-corrected chi connectivity index (χ0v) is 16.3. The molecule has 7 N–H and O–H groups in total. The molecule has 0 unspecified atom stereocenters. The van der Waals surface area contributed by atoms with E-state index in [4.69, 9.17) is 9.47 Å². The van der Waals surface area contributed by atoms with Gasteiger partial charge in [0, 0.05) is 17.2 Å². The summed E-state index contributed by atoms with van der Waals surface area (Å²) in [5.41, 5.74) is 1.27. The first-order valence-electron chi connectivity index (χ1n) is 9.52. The van der Waals surface area contributed by atoms with Crippen LogP contribution in [0.2, 0.25) is 0 Å². The number of phenols is 2. The molecule has 1 fully saturated rings. The number of aromatic hydroxyl groups is 2. The van der Waals surface area contributed by atoms with E-state index in [1.54, 1.807) is 13.0 Å². The lowest BCUT2D eigenvalue weighted by Crippen LogP contribution is -2.58. The van der Waals surface area contributed by atoms with Crippen LogP contribution in [-0.2, 0) is 4.74 Å². The summed E-state index contributed by atoms with van der Waals surface area (Å²) in [6.45, 7) is 3.24. The van der Waals surface area contributed by atoms with Crippen molar-refractivity contribution >= 4 is 0 Å². The van der Waals surface area contributed by atoms with E-state index in [0.717, 1.165) is 0 Å². The van der Waals surface area contributed by atoms with Crippen molar-refractivity contribution in [1.82, 2.24) is 0 Å². The standard InChI is InChI=1S/C21H24O9/c1-7-3-10-14(12(22)4-7)18(26)15-11(17(10)25)5-9(6-13(15)23)30-21-20(28)19(27)16(24)8(2)29-21/h3-6,8,16-28H,1-2H3/t8-,16-,17+,18-,19+,20+,21-/m0/s1. The molecule has 9 nitrogen and oxygen atoms in total. The average Bonchev–Trinajstić information content (AvgIpc) is 2.67. The molecule has 0 bridgehead atoms. The Balaban J connectivity index is 1.71. The summed E-state index contributed by atoms with van der Waals surface area (Å²) in [5.74, 6) is -0.571. The van der Waals surface area contributed by atoms with Crippen LogP contribution >= 0.6 is 0 Å². The summed E-state index contributed by atoms with van der Waals surface area (Å²) in [6.07, 6.45) is -9.12. The van der Waals surface area contributed by atoms with Crippen molar-refractivity contribution in [3.05, 3.63) is 52.1 Å². The van der Waals surface area contributed by atoms with E-state index >= 15 is 0 Å². The van der Waals surface area contributed by atoms with Crippen molar-refractivity contribution in [2.45, 2.75) is 56.8 Å². The lowest BCUT2D eigenvalue weighted by molar-refractivity contribution is -0.268. The molecule has 0 radical (unpaired) electrons. The number of fused-ring (bicyclic) bond motifs is 2. The Morgan fingerprint density at radius 3 is 2.03 bits per heavy atom. The molecule has 1 aliphatic carbocycles. The highest BCUT2D eigenvalue weighted by Gasteiger charge is 2.43.